The predicted octanol–water partition coefficient (Wildman–Crippen LogP) is 1.94. The van der Waals surface area contributed by atoms with E-state index in [4.69, 9.17) is 0 Å². The van der Waals surface area contributed by atoms with Gasteiger partial charge in [-0.05, 0) is 37.7 Å². The first-order chi connectivity index (χ1) is 6.72. The van der Waals surface area contributed by atoms with Crippen molar-refractivity contribution in [1.82, 2.24) is 5.32 Å². The van der Waals surface area contributed by atoms with Crippen molar-refractivity contribution in [3.05, 3.63) is 29.6 Å². The zero-order valence-electron chi connectivity index (χ0n) is 8.47. The summed E-state index contributed by atoms with van der Waals surface area (Å²) in [6.07, 6.45) is 0. The van der Waals surface area contributed by atoms with Gasteiger partial charge in [0.2, 0.25) is 0 Å². The Kier molecular flexibility index (Phi) is 2.42. The lowest BCUT2D eigenvalue weighted by atomic mass is 9.94. The molecule has 1 aliphatic heterocycles. The van der Waals surface area contributed by atoms with Gasteiger partial charge in [0.1, 0.15) is 5.82 Å². The van der Waals surface area contributed by atoms with E-state index in [1.54, 1.807) is 6.07 Å². The Balaban J connectivity index is 2.33. The molecule has 1 aromatic carbocycles. The second-order valence-electron chi connectivity index (χ2n) is 3.80. The summed E-state index contributed by atoms with van der Waals surface area (Å²) in [4.78, 5) is 0. The van der Waals surface area contributed by atoms with E-state index in [1.165, 1.54) is 6.07 Å². The molecule has 0 amide bonds. The van der Waals surface area contributed by atoms with Gasteiger partial charge in [0, 0.05) is 24.2 Å². The first-order valence-electron chi connectivity index (χ1n) is 4.93. The van der Waals surface area contributed by atoms with E-state index in [1.807, 2.05) is 13.1 Å². The topological polar surface area (TPSA) is 24.1 Å². The van der Waals surface area contributed by atoms with Gasteiger partial charge in [0.05, 0.1) is 0 Å². The Bertz CT molecular complexity index is 338. The smallest absolute Gasteiger partial charge is 0.123 e. The number of nitrogens with one attached hydrogen (secondary N) is 2. The summed E-state index contributed by atoms with van der Waals surface area (Å²) in [7, 11) is 1.93. The fourth-order valence-electron chi connectivity index (χ4n) is 1.98. The molecule has 0 aromatic heterocycles. The average Bonchev–Trinajstić information content (AvgIpc) is 2.59. The molecular formula is C11H15FN2. The molecule has 1 aromatic rings. The Labute approximate surface area is 83.5 Å². The van der Waals surface area contributed by atoms with Crippen molar-refractivity contribution in [3.63, 3.8) is 0 Å². The van der Waals surface area contributed by atoms with Crippen LogP contribution in [0.15, 0.2) is 18.2 Å². The highest BCUT2D eigenvalue weighted by Crippen LogP contribution is 2.33. The fourth-order valence-corrected chi connectivity index (χ4v) is 1.98. The molecule has 2 atom stereocenters. The van der Waals surface area contributed by atoms with Crippen molar-refractivity contribution in [1.29, 1.82) is 0 Å². The number of hydrogen-bond donors (Lipinski definition) is 2. The molecule has 1 aliphatic rings. The van der Waals surface area contributed by atoms with Gasteiger partial charge in [-0.1, -0.05) is 0 Å². The van der Waals surface area contributed by atoms with Gasteiger partial charge in [-0.15, -0.1) is 0 Å². The van der Waals surface area contributed by atoms with Crippen LogP contribution in [0.25, 0.3) is 0 Å². The number of fused-ring (bicyclic) bond motifs is 1. The summed E-state index contributed by atoms with van der Waals surface area (Å²) < 4.78 is 13.1. The van der Waals surface area contributed by atoms with E-state index < -0.39 is 0 Å². The van der Waals surface area contributed by atoms with Crippen LogP contribution in [0.2, 0.25) is 0 Å². The van der Waals surface area contributed by atoms with Crippen molar-refractivity contribution < 1.29 is 4.39 Å². The number of rotatable bonds is 2. The first-order valence-corrected chi connectivity index (χ1v) is 4.93. The molecule has 76 valence electrons. The molecule has 1 heterocycles. The zero-order valence-corrected chi connectivity index (χ0v) is 8.47. The summed E-state index contributed by atoms with van der Waals surface area (Å²) in [6.45, 7) is 3.01. The number of halogens is 1. The third kappa shape index (κ3) is 1.48. The van der Waals surface area contributed by atoms with Crippen molar-refractivity contribution in [2.45, 2.75) is 18.9 Å². The maximum Gasteiger partial charge on any atom is 0.123 e. The molecule has 2 rings (SSSR count). The van der Waals surface area contributed by atoms with E-state index in [2.05, 4.69) is 17.6 Å². The van der Waals surface area contributed by atoms with Crippen molar-refractivity contribution in [3.8, 4) is 0 Å². The summed E-state index contributed by atoms with van der Waals surface area (Å²) >= 11 is 0. The van der Waals surface area contributed by atoms with E-state index in [0.717, 1.165) is 17.8 Å². The van der Waals surface area contributed by atoms with Crippen molar-refractivity contribution in [2.24, 2.45) is 0 Å². The van der Waals surface area contributed by atoms with E-state index >= 15 is 0 Å². The number of anilines is 1. The lowest BCUT2D eigenvalue weighted by molar-refractivity contribution is 0.520. The third-order valence-electron chi connectivity index (χ3n) is 2.98. The summed E-state index contributed by atoms with van der Waals surface area (Å²) in [6, 6.07) is 5.31. The maximum absolute atomic E-state index is 13.1. The van der Waals surface area contributed by atoms with Crippen LogP contribution in [-0.2, 0) is 0 Å². The van der Waals surface area contributed by atoms with Gasteiger partial charge < -0.3 is 10.6 Å². The van der Waals surface area contributed by atoms with Crippen LogP contribution < -0.4 is 10.6 Å². The Morgan fingerprint density at radius 1 is 1.57 bits per heavy atom. The molecule has 0 radical (unpaired) electrons. The normalized spacial score (nSPS) is 21.5. The van der Waals surface area contributed by atoms with Crippen LogP contribution in [0.4, 0.5) is 10.1 Å². The average molecular weight is 194 g/mol. The molecule has 0 bridgehead atoms. The highest BCUT2D eigenvalue weighted by molar-refractivity contribution is 5.58. The number of likely N-dealkylation sites (N-methyl/N-ethyl adjacent to an activating group) is 1. The van der Waals surface area contributed by atoms with E-state index in [0.29, 0.717) is 12.0 Å². The largest absolute Gasteiger partial charge is 0.384 e. The maximum atomic E-state index is 13.1. The van der Waals surface area contributed by atoms with Crippen LogP contribution in [0, 0.1) is 5.82 Å². The number of hydrogen-bond acceptors (Lipinski definition) is 2. The Morgan fingerprint density at radius 2 is 2.36 bits per heavy atom. The van der Waals surface area contributed by atoms with Crippen LogP contribution >= 0.6 is 0 Å². The minimum Gasteiger partial charge on any atom is -0.384 e. The highest BCUT2D eigenvalue weighted by Gasteiger charge is 2.26. The summed E-state index contributed by atoms with van der Waals surface area (Å²) in [5, 5.41) is 6.49. The Morgan fingerprint density at radius 3 is 3.07 bits per heavy atom. The minimum absolute atomic E-state index is 0.152. The first kappa shape index (κ1) is 9.46. The quantitative estimate of drug-likeness (QED) is 0.752. The van der Waals surface area contributed by atoms with Crippen LogP contribution in [-0.4, -0.2) is 19.6 Å². The molecule has 0 aliphatic carbocycles. The standard InChI is InChI=1S/C11H15FN2/c1-7(13-2)10-6-14-11-4-3-8(12)5-9(10)11/h3-5,7,10,13-14H,6H2,1-2H3. The minimum atomic E-state index is -0.152. The van der Waals surface area contributed by atoms with Gasteiger partial charge in [-0.2, -0.15) is 0 Å². The predicted molar refractivity (Wildman–Crippen MR) is 56.2 cm³/mol. The van der Waals surface area contributed by atoms with Crippen molar-refractivity contribution in [2.75, 3.05) is 18.9 Å². The SMILES string of the molecule is CNC(C)C1CNc2ccc(F)cc21. The molecule has 3 heteroatoms. The molecule has 0 saturated heterocycles. The molecule has 0 fully saturated rings. The van der Waals surface area contributed by atoms with Gasteiger partial charge in [0.25, 0.3) is 0 Å². The monoisotopic (exact) mass is 194 g/mol. The number of benzene rings is 1. The fraction of sp³-hybridized carbons (Fsp3) is 0.455. The lowest BCUT2D eigenvalue weighted by Crippen LogP contribution is -2.29. The van der Waals surface area contributed by atoms with Gasteiger partial charge in [-0.3, -0.25) is 0 Å². The van der Waals surface area contributed by atoms with E-state index in [9.17, 15) is 4.39 Å². The highest BCUT2D eigenvalue weighted by atomic mass is 19.1. The van der Waals surface area contributed by atoms with Crippen LogP contribution in [0.1, 0.15) is 18.4 Å². The zero-order chi connectivity index (χ0) is 10.1. The molecule has 14 heavy (non-hydrogen) atoms. The molecule has 2 nitrogen and oxygen atoms in total. The second-order valence-corrected chi connectivity index (χ2v) is 3.80. The summed E-state index contributed by atoms with van der Waals surface area (Å²) in [5.41, 5.74) is 2.16. The molecule has 2 N–H and O–H groups in total. The molecule has 2 unspecified atom stereocenters. The molecule has 0 spiro atoms. The van der Waals surface area contributed by atoms with Crippen LogP contribution in [0.3, 0.4) is 0 Å². The van der Waals surface area contributed by atoms with Crippen LogP contribution in [0.5, 0.6) is 0 Å². The summed E-state index contributed by atoms with van der Waals surface area (Å²) in [5.74, 6) is 0.214. The Hall–Kier alpha value is -1.09. The second kappa shape index (κ2) is 3.58. The third-order valence-corrected chi connectivity index (χ3v) is 2.98. The van der Waals surface area contributed by atoms with E-state index in [-0.39, 0.29) is 5.82 Å². The van der Waals surface area contributed by atoms with Gasteiger partial charge in [0.15, 0.2) is 0 Å². The molecular weight excluding hydrogens is 179 g/mol. The van der Waals surface area contributed by atoms with Crippen molar-refractivity contribution >= 4 is 5.69 Å². The molecule has 0 saturated carbocycles. The lowest BCUT2D eigenvalue weighted by Gasteiger charge is -2.18. The van der Waals surface area contributed by atoms with Gasteiger partial charge >= 0.3 is 0 Å². The van der Waals surface area contributed by atoms with Gasteiger partial charge in [-0.25, -0.2) is 4.39 Å².